The van der Waals surface area contributed by atoms with Crippen molar-refractivity contribution in [2.24, 2.45) is 5.92 Å². The maximum atomic E-state index is 12.7. The molecule has 4 rings (SSSR count). The third-order valence-electron chi connectivity index (χ3n) is 4.50. The molecular formula is C19H19N3O2S. The van der Waals surface area contributed by atoms with E-state index in [0.717, 1.165) is 36.4 Å². The van der Waals surface area contributed by atoms with E-state index < -0.39 is 0 Å². The highest BCUT2D eigenvalue weighted by Crippen LogP contribution is 2.24. The molecule has 1 atom stereocenters. The molecule has 6 heteroatoms. The van der Waals surface area contributed by atoms with Crippen LogP contribution in [0.1, 0.15) is 29.1 Å². The predicted octanol–water partition coefficient (Wildman–Crippen LogP) is 3.89. The minimum Gasteiger partial charge on any atom is -0.338 e. The second-order valence-corrected chi connectivity index (χ2v) is 7.24. The largest absolute Gasteiger partial charge is 0.338 e. The van der Waals surface area contributed by atoms with Crippen molar-refractivity contribution in [2.45, 2.75) is 19.4 Å². The molecule has 0 spiro atoms. The summed E-state index contributed by atoms with van der Waals surface area (Å²) in [6, 6.07) is 13.5. The maximum Gasteiger partial charge on any atom is 0.241 e. The van der Waals surface area contributed by atoms with Crippen LogP contribution in [0.4, 0.5) is 0 Å². The fourth-order valence-electron chi connectivity index (χ4n) is 3.27. The normalized spacial score (nSPS) is 18.3. The van der Waals surface area contributed by atoms with Crippen molar-refractivity contribution in [2.75, 3.05) is 13.1 Å². The number of likely N-dealkylation sites (tertiary alicyclic amines) is 1. The molecule has 1 fully saturated rings. The van der Waals surface area contributed by atoms with Crippen LogP contribution in [0.2, 0.25) is 0 Å². The number of rotatable bonds is 5. The van der Waals surface area contributed by atoms with Gasteiger partial charge in [-0.1, -0.05) is 41.6 Å². The summed E-state index contributed by atoms with van der Waals surface area (Å²) in [5, 5.41) is 6.05. The quantitative estimate of drug-likeness (QED) is 0.651. The summed E-state index contributed by atoms with van der Waals surface area (Å²) in [6.07, 6.45) is 1.95. The molecule has 0 amide bonds. The summed E-state index contributed by atoms with van der Waals surface area (Å²) >= 11 is 1.59. The second kappa shape index (κ2) is 7.29. The van der Waals surface area contributed by atoms with Gasteiger partial charge in [-0.15, -0.1) is 11.3 Å². The van der Waals surface area contributed by atoms with Gasteiger partial charge in [0, 0.05) is 18.0 Å². The Hall–Kier alpha value is -2.31. The molecule has 1 aliphatic rings. The number of ketones is 1. The Morgan fingerprint density at radius 3 is 2.92 bits per heavy atom. The SMILES string of the molecule is O=C(c1ccccc1)[C@@H]1CCCN(Cc2nc(-c3cccs3)no2)C1. The van der Waals surface area contributed by atoms with Crippen LogP contribution in [0.3, 0.4) is 0 Å². The van der Waals surface area contributed by atoms with Crippen molar-refractivity contribution in [3.63, 3.8) is 0 Å². The first-order valence-electron chi connectivity index (χ1n) is 8.47. The number of carbonyl (C=O) groups excluding carboxylic acids is 1. The summed E-state index contributed by atoms with van der Waals surface area (Å²) < 4.78 is 5.39. The van der Waals surface area contributed by atoms with E-state index in [1.165, 1.54) is 0 Å². The van der Waals surface area contributed by atoms with E-state index in [1.807, 2.05) is 47.8 Å². The first-order valence-corrected chi connectivity index (χ1v) is 9.35. The molecule has 3 heterocycles. The summed E-state index contributed by atoms with van der Waals surface area (Å²) in [5.41, 5.74) is 0.798. The molecular weight excluding hydrogens is 334 g/mol. The number of carbonyl (C=O) groups is 1. The van der Waals surface area contributed by atoms with Gasteiger partial charge in [-0.05, 0) is 30.8 Å². The molecule has 3 aromatic rings. The second-order valence-electron chi connectivity index (χ2n) is 6.29. The number of nitrogens with zero attached hydrogens (tertiary/aromatic N) is 3. The third kappa shape index (κ3) is 3.70. The van der Waals surface area contributed by atoms with Crippen LogP contribution in [0.25, 0.3) is 10.7 Å². The summed E-state index contributed by atoms with van der Waals surface area (Å²) in [4.78, 5) is 20.4. The topological polar surface area (TPSA) is 59.2 Å². The lowest BCUT2D eigenvalue weighted by molar-refractivity contribution is 0.0797. The fourth-order valence-corrected chi connectivity index (χ4v) is 3.92. The highest BCUT2D eigenvalue weighted by Gasteiger charge is 2.27. The first-order chi connectivity index (χ1) is 12.3. The van der Waals surface area contributed by atoms with Crippen LogP contribution < -0.4 is 0 Å². The molecule has 128 valence electrons. The molecule has 0 N–H and O–H groups in total. The fraction of sp³-hybridized carbons (Fsp3) is 0.316. The number of hydrogen-bond acceptors (Lipinski definition) is 6. The van der Waals surface area contributed by atoms with Gasteiger partial charge in [-0.25, -0.2) is 0 Å². The van der Waals surface area contributed by atoms with Crippen LogP contribution in [-0.2, 0) is 6.54 Å². The average molecular weight is 353 g/mol. The highest BCUT2D eigenvalue weighted by atomic mass is 32.1. The average Bonchev–Trinajstić information content (AvgIpc) is 3.34. The van der Waals surface area contributed by atoms with E-state index >= 15 is 0 Å². The van der Waals surface area contributed by atoms with Gasteiger partial charge < -0.3 is 4.52 Å². The van der Waals surface area contributed by atoms with Gasteiger partial charge in [-0.3, -0.25) is 9.69 Å². The monoisotopic (exact) mass is 353 g/mol. The molecule has 5 nitrogen and oxygen atoms in total. The van der Waals surface area contributed by atoms with Gasteiger partial charge in [0.05, 0.1) is 11.4 Å². The zero-order valence-corrected chi connectivity index (χ0v) is 14.6. The predicted molar refractivity (Wildman–Crippen MR) is 96.4 cm³/mol. The van der Waals surface area contributed by atoms with Crippen molar-refractivity contribution in [3.05, 3.63) is 59.3 Å². The lowest BCUT2D eigenvalue weighted by Crippen LogP contribution is -2.38. The van der Waals surface area contributed by atoms with E-state index in [9.17, 15) is 4.79 Å². The first kappa shape index (κ1) is 16.2. The summed E-state index contributed by atoms with van der Waals surface area (Å²) in [5.74, 6) is 1.51. The number of hydrogen-bond donors (Lipinski definition) is 0. The number of piperidine rings is 1. The lowest BCUT2D eigenvalue weighted by Gasteiger charge is -2.30. The Kier molecular flexibility index (Phi) is 4.72. The van der Waals surface area contributed by atoms with Crippen LogP contribution in [0.5, 0.6) is 0 Å². The molecule has 0 aliphatic carbocycles. The van der Waals surface area contributed by atoms with Crippen LogP contribution in [0, 0.1) is 5.92 Å². The minimum absolute atomic E-state index is 0.0378. The zero-order valence-electron chi connectivity index (χ0n) is 13.8. The standard InChI is InChI=1S/C19H19N3O2S/c23-18(14-6-2-1-3-7-14)15-8-4-10-22(12-15)13-17-20-19(21-24-17)16-9-5-11-25-16/h1-3,5-7,9,11,15H,4,8,10,12-13H2/t15-/m1/s1. The Balaban J connectivity index is 1.41. The van der Waals surface area contributed by atoms with E-state index in [-0.39, 0.29) is 11.7 Å². The molecule has 25 heavy (non-hydrogen) atoms. The Bertz CT molecular complexity index is 829. The van der Waals surface area contributed by atoms with Gasteiger partial charge in [0.15, 0.2) is 5.78 Å². The molecule has 0 saturated carbocycles. The molecule has 0 radical (unpaired) electrons. The molecule has 0 bridgehead atoms. The third-order valence-corrected chi connectivity index (χ3v) is 5.37. The smallest absolute Gasteiger partial charge is 0.241 e. The van der Waals surface area contributed by atoms with E-state index in [0.29, 0.717) is 18.3 Å². The summed E-state index contributed by atoms with van der Waals surface area (Å²) in [6.45, 7) is 2.29. The van der Waals surface area contributed by atoms with E-state index in [2.05, 4.69) is 15.0 Å². The Labute approximate surface area is 150 Å². The van der Waals surface area contributed by atoms with E-state index in [4.69, 9.17) is 4.52 Å². The molecule has 1 aliphatic heterocycles. The van der Waals surface area contributed by atoms with Crippen molar-refractivity contribution in [1.82, 2.24) is 15.0 Å². The van der Waals surface area contributed by atoms with Gasteiger partial charge in [-0.2, -0.15) is 4.98 Å². The minimum atomic E-state index is 0.0378. The molecule has 1 saturated heterocycles. The van der Waals surface area contributed by atoms with Crippen LogP contribution >= 0.6 is 11.3 Å². The van der Waals surface area contributed by atoms with Gasteiger partial charge >= 0.3 is 0 Å². The maximum absolute atomic E-state index is 12.7. The Morgan fingerprint density at radius 1 is 1.24 bits per heavy atom. The lowest BCUT2D eigenvalue weighted by atomic mass is 9.90. The molecule has 1 aromatic carbocycles. The van der Waals surface area contributed by atoms with Crippen molar-refractivity contribution in [1.29, 1.82) is 0 Å². The zero-order chi connectivity index (χ0) is 17.1. The van der Waals surface area contributed by atoms with E-state index in [1.54, 1.807) is 11.3 Å². The Morgan fingerprint density at radius 2 is 2.12 bits per heavy atom. The number of benzene rings is 1. The van der Waals surface area contributed by atoms with Crippen LogP contribution in [-0.4, -0.2) is 33.9 Å². The molecule has 0 unspecified atom stereocenters. The van der Waals surface area contributed by atoms with Crippen molar-refractivity contribution >= 4 is 17.1 Å². The highest BCUT2D eigenvalue weighted by molar-refractivity contribution is 7.13. The van der Waals surface area contributed by atoms with Crippen molar-refractivity contribution in [3.8, 4) is 10.7 Å². The molecule has 2 aromatic heterocycles. The summed E-state index contributed by atoms with van der Waals surface area (Å²) in [7, 11) is 0. The number of thiophene rings is 1. The van der Waals surface area contributed by atoms with Gasteiger partial charge in [0.1, 0.15) is 0 Å². The van der Waals surface area contributed by atoms with Crippen LogP contribution in [0.15, 0.2) is 52.4 Å². The van der Waals surface area contributed by atoms with Crippen molar-refractivity contribution < 1.29 is 9.32 Å². The van der Waals surface area contributed by atoms with Gasteiger partial charge in [0.2, 0.25) is 11.7 Å². The van der Waals surface area contributed by atoms with Gasteiger partial charge in [0.25, 0.3) is 0 Å². The number of aromatic nitrogens is 2. The number of Topliss-reactive ketones (excluding diaryl/α,β-unsaturated/α-hetero) is 1.